The van der Waals surface area contributed by atoms with Crippen LogP contribution in [-0.4, -0.2) is 36.2 Å². The number of ether oxygens (including phenoxy) is 1. The maximum Gasteiger partial charge on any atom is 0.133 e. The van der Waals surface area contributed by atoms with Crippen LogP contribution >= 0.6 is 11.6 Å². The molecule has 0 saturated heterocycles. The maximum absolute atomic E-state index is 6.06. The molecule has 0 unspecified atom stereocenters. The number of hydrogen-bond acceptors (Lipinski definition) is 3. The topological polar surface area (TPSA) is 25.4 Å². The van der Waals surface area contributed by atoms with Gasteiger partial charge >= 0.3 is 0 Å². The van der Waals surface area contributed by atoms with Gasteiger partial charge in [-0.15, -0.1) is 0 Å². The number of rotatable bonds is 6. The zero-order valence-electron chi connectivity index (χ0n) is 9.53. The van der Waals surface area contributed by atoms with Crippen LogP contribution in [0.3, 0.4) is 0 Å². The van der Waals surface area contributed by atoms with Crippen LogP contribution in [0.1, 0.15) is 18.4 Å². The van der Waals surface area contributed by atoms with Crippen molar-refractivity contribution in [2.45, 2.75) is 25.4 Å². The van der Waals surface area contributed by atoms with Gasteiger partial charge in [-0.1, -0.05) is 17.7 Å². The number of methoxy groups -OCH3 is 1. The van der Waals surface area contributed by atoms with Crippen LogP contribution in [0.15, 0.2) is 18.3 Å². The number of aromatic nitrogens is 1. The lowest BCUT2D eigenvalue weighted by Gasteiger charge is -2.21. The Bertz CT molecular complexity index is 342. The standard InChI is InChI=1S/C12H17ClN2O/c1-16-8-7-15(11-4-5-11)9-10-3-2-6-14-12(10)13/h2-3,6,11H,4-5,7-9H2,1H3. The summed E-state index contributed by atoms with van der Waals surface area (Å²) >= 11 is 6.06. The summed E-state index contributed by atoms with van der Waals surface area (Å²) in [7, 11) is 1.74. The monoisotopic (exact) mass is 240 g/mol. The lowest BCUT2D eigenvalue weighted by atomic mass is 10.2. The van der Waals surface area contributed by atoms with Crippen molar-refractivity contribution in [3.8, 4) is 0 Å². The lowest BCUT2D eigenvalue weighted by Crippen LogP contribution is -2.29. The first kappa shape index (κ1) is 11.8. The second-order valence-electron chi connectivity index (χ2n) is 4.15. The maximum atomic E-state index is 6.06. The SMILES string of the molecule is COCCN(Cc1cccnc1Cl)C1CC1. The number of hydrogen-bond donors (Lipinski definition) is 0. The van der Waals surface area contributed by atoms with E-state index in [1.54, 1.807) is 13.3 Å². The third-order valence-corrected chi connectivity index (χ3v) is 3.20. The number of nitrogens with zero attached hydrogens (tertiary/aromatic N) is 2. The fourth-order valence-corrected chi connectivity index (χ4v) is 1.97. The van der Waals surface area contributed by atoms with Crippen molar-refractivity contribution in [2.24, 2.45) is 0 Å². The average molecular weight is 241 g/mol. The van der Waals surface area contributed by atoms with Crippen LogP contribution in [0.5, 0.6) is 0 Å². The van der Waals surface area contributed by atoms with E-state index >= 15 is 0 Å². The second-order valence-corrected chi connectivity index (χ2v) is 4.51. The molecule has 16 heavy (non-hydrogen) atoms. The average Bonchev–Trinajstić information content (AvgIpc) is 3.10. The molecule has 4 heteroatoms. The minimum Gasteiger partial charge on any atom is -0.383 e. The van der Waals surface area contributed by atoms with Gasteiger partial charge in [0.25, 0.3) is 0 Å². The van der Waals surface area contributed by atoms with Crippen LogP contribution in [0.25, 0.3) is 0 Å². The molecule has 0 aromatic carbocycles. The first-order valence-corrected chi connectivity index (χ1v) is 6.01. The van der Waals surface area contributed by atoms with E-state index in [4.69, 9.17) is 16.3 Å². The van der Waals surface area contributed by atoms with E-state index in [2.05, 4.69) is 9.88 Å². The van der Waals surface area contributed by atoms with Gasteiger partial charge in [-0.25, -0.2) is 4.98 Å². The molecular weight excluding hydrogens is 224 g/mol. The number of pyridine rings is 1. The van der Waals surface area contributed by atoms with Gasteiger partial charge < -0.3 is 4.74 Å². The predicted octanol–water partition coefficient (Wildman–Crippen LogP) is 2.35. The van der Waals surface area contributed by atoms with Crippen LogP contribution in [0.4, 0.5) is 0 Å². The van der Waals surface area contributed by atoms with Crippen LogP contribution < -0.4 is 0 Å². The molecule has 0 bridgehead atoms. The van der Waals surface area contributed by atoms with Crippen molar-refractivity contribution >= 4 is 11.6 Å². The van der Waals surface area contributed by atoms with Crippen molar-refractivity contribution in [3.05, 3.63) is 29.0 Å². The molecule has 0 amide bonds. The Labute approximate surface area is 101 Å². The fourth-order valence-electron chi connectivity index (χ4n) is 1.80. The van der Waals surface area contributed by atoms with Gasteiger partial charge in [0.2, 0.25) is 0 Å². The Morgan fingerprint density at radius 3 is 3.00 bits per heavy atom. The van der Waals surface area contributed by atoms with E-state index in [1.807, 2.05) is 12.1 Å². The molecule has 0 atom stereocenters. The Hall–Kier alpha value is -0.640. The highest BCUT2D eigenvalue weighted by Gasteiger charge is 2.28. The fraction of sp³-hybridized carbons (Fsp3) is 0.583. The predicted molar refractivity (Wildman–Crippen MR) is 64.6 cm³/mol. The van der Waals surface area contributed by atoms with Crippen molar-refractivity contribution in [1.82, 2.24) is 9.88 Å². The number of halogens is 1. The molecule has 2 rings (SSSR count). The summed E-state index contributed by atoms with van der Waals surface area (Å²) in [6, 6.07) is 4.69. The second kappa shape index (κ2) is 5.62. The smallest absolute Gasteiger partial charge is 0.133 e. The molecule has 1 aliphatic rings. The van der Waals surface area contributed by atoms with Gasteiger partial charge in [0, 0.05) is 38.0 Å². The Morgan fingerprint density at radius 1 is 1.56 bits per heavy atom. The molecule has 3 nitrogen and oxygen atoms in total. The quantitative estimate of drug-likeness (QED) is 0.714. The van der Waals surface area contributed by atoms with Crippen molar-refractivity contribution in [2.75, 3.05) is 20.3 Å². The van der Waals surface area contributed by atoms with Gasteiger partial charge in [0.05, 0.1) is 6.61 Å². The van der Waals surface area contributed by atoms with Crippen molar-refractivity contribution < 1.29 is 4.74 Å². The third kappa shape index (κ3) is 3.17. The molecule has 0 radical (unpaired) electrons. The molecular formula is C12H17ClN2O. The van der Waals surface area contributed by atoms with E-state index in [1.165, 1.54) is 12.8 Å². The Morgan fingerprint density at radius 2 is 2.38 bits per heavy atom. The minimum absolute atomic E-state index is 0.616. The van der Waals surface area contributed by atoms with Gasteiger partial charge in [-0.2, -0.15) is 0 Å². The third-order valence-electron chi connectivity index (χ3n) is 2.86. The van der Waals surface area contributed by atoms with Crippen LogP contribution in [-0.2, 0) is 11.3 Å². The Balaban J connectivity index is 1.97. The van der Waals surface area contributed by atoms with E-state index < -0.39 is 0 Å². The normalized spacial score (nSPS) is 15.7. The molecule has 1 saturated carbocycles. The van der Waals surface area contributed by atoms with Gasteiger partial charge in [-0.05, 0) is 18.9 Å². The zero-order chi connectivity index (χ0) is 11.4. The molecule has 1 fully saturated rings. The van der Waals surface area contributed by atoms with Crippen LogP contribution in [0, 0.1) is 0 Å². The highest BCUT2D eigenvalue weighted by molar-refractivity contribution is 6.30. The van der Waals surface area contributed by atoms with E-state index in [-0.39, 0.29) is 0 Å². The summed E-state index contributed by atoms with van der Waals surface area (Å²) in [6.45, 7) is 2.61. The first-order valence-electron chi connectivity index (χ1n) is 5.63. The van der Waals surface area contributed by atoms with E-state index in [0.29, 0.717) is 11.2 Å². The zero-order valence-corrected chi connectivity index (χ0v) is 10.3. The summed E-state index contributed by atoms with van der Waals surface area (Å²) in [5.41, 5.74) is 1.10. The highest BCUT2D eigenvalue weighted by Crippen LogP contribution is 2.28. The molecule has 1 aromatic rings. The van der Waals surface area contributed by atoms with Gasteiger partial charge in [-0.3, -0.25) is 4.90 Å². The van der Waals surface area contributed by atoms with Gasteiger partial charge in [0.15, 0.2) is 0 Å². The minimum atomic E-state index is 0.616. The summed E-state index contributed by atoms with van der Waals surface area (Å²) in [5.74, 6) is 0. The molecule has 88 valence electrons. The van der Waals surface area contributed by atoms with Crippen LogP contribution in [0.2, 0.25) is 5.15 Å². The first-order chi connectivity index (χ1) is 7.81. The van der Waals surface area contributed by atoms with E-state index in [0.717, 1.165) is 25.3 Å². The largest absolute Gasteiger partial charge is 0.383 e. The summed E-state index contributed by atoms with van der Waals surface area (Å²) in [5, 5.41) is 0.616. The molecule has 1 heterocycles. The van der Waals surface area contributed by atoms with Crippen molar-refractivity contribution in [1.29, 1.82) is 0 Å². The highest BCUT2D eigenvalue weighted by atomic mass is 35.5. The van der Waals surface area contributed by atoms with Gasteiger partial charge in [0.1, 0.15) is 5.15 Å². The molecule has 1 aromatic heterocycles. The summed E-state index contributed by atoms with van der Waals surface area (Å²) in [4.78, 5) is 6.52. The Kier molecular flexibility index (Phi) is 4.16. The molecule has 1 aliphatic carbocycles. The molecule has 0 N–H and O–H groups in total. The lowest BCUT2D eigenvalue weighted by molar-refractivity contribution is 0.139. The van der Waals surface area contributed by atoms with E-state index in [9.17, 15) is 0 Å². The molecule has 0 spiro atoms. The summed E-state index contributed by atoms with van der Waals surface area (Å²) < 4.78 is 5.13. The summed E-state index contributed by atoms with van der Waals surface area (Å²) in [6.07, 6.45) is 4.31. The van der Waals surface area contributed by atoms with Crippen molar-refractivity contribution in [3.63, 3.8) is 0 Å². The molecule has 0 aliphatic heterocycles.